The van der Waals surface area contributed by atoms with E-state index in [9.17, 15) is 14.9 Å². The predicted octanol–water partition coefficient (Wildman–Crippen LogP) is 4.10. The van der Waals surface area contributed by atoms with Gasteiger partial charge in [-0.3, -0.25) is 10.1 Å². The van der Waals surface area contributed by atoms with Crippen molar-refractivity contribution in [2.75, 3.05) is 34.0 Å². The van der Waals surface area contributed by atoms with Gasteiger partial charge in [-0.15, -0.1) is 0 Å². The van der Waals surface area contributed by atoms with Crippen molar-refractivity contribution in [1.29, 1.82) is 0 Å². The Morgan fingerprint density at radius 2 is 1.97 bits per heavy atom. The maximum Gasteiger partial charge on any atom is 0.338 e. The molecule has 0 amide bonds. The Morgan fingerprint density at radius 3 is 2.66 bits per heavy atom. The predicted molar refractivity (Wildman–Crippen MR) is 113 cm³/mol. The van der Waals surface area contributed by atoms with E-state index in [0.29, 0.717) is 18.1 Å². The van der Waals surface area contributed by atoms with E-state index in [2.05, 4.69) is 0 Å². The largest absolute Gasteiger partial charge is 0.497 e. The quantitative estimate of drug-likeness (QED) is 0.230. The van der Waals surface area contributed by atoms with E-state index in [-0.39, 0.29) is 36.6 Å². The van der Waals surface area contributed by atoms with E-state index in [0.717, 1.165) is 25.3 Å². The first kappa shape index (κ1) is 23.3. The highest BCUT2D eigenvalue weighted by atomic mass is 16.7. The molecule has 1 heterocycles. The molecule has 0 saturated carbocycles. The van der Waals surface area contributed by atoms with Gasteiger partial charge in [0, 0.05) is 18.7 Å². The molecule has 0 bridgehead atoms. The van der Waals surface area contributed by atoms with Crippen LogP contribution in [0, 0.1) is 10.1 Å². The number of benzene rings is 2. The molecule has 1 aliphatic heterocycles. The number of nitro benzene ring substituents is 1. The highest BCUT2D eigenvalue weighted by Gasteiger charge is 2.26. The summed E-state index contributed by atoms with van der Waals surface area (Å²) < 4.78 is 32.5. The smallest absolute Gasteiger partial charge is 0.338 e. The molecule has 1 unspecified atom stereocenters. The van der Waals surface area contributed by atoms with Crippen LogP contribution in [-0.2, 0) is 14.2 Å². The molecule has 0 radical (unpaired) electrons. The molecule has 10 nitrogen and oxygen atoms in total. The van der Waals surface area contributed by atoms with Crippen molar-refractivity contribution in [1.82, 2.24) is 0 Å². The topological polar surface area (TPSA) is 116 Å². The zero-order valence-corrected chi connectivity index (χ0v) is 17.9. The first-order valence-electron chi connectivity index (χ1n) is 10.1. The number of esters is 1. The van der Waals surface area contributed by atoms with E-state index in [1.807, 2.05) is 0 Å². The van der Waals surface area contributed by atoms with E-state index in [1.54, 1.807) is 24.3 Å². The summed E-state index contributed by atoms with van der Waals surface area (Å²) >= 11 is 0. The van der Waals surface area contributed by atoms with E-state index in [1.165, 1.54) is 20.3 Å². The molecule has 0 aliphatic carbocycles. The van der Waals surface area contributed by atoms with Crippen molar-refractivity contribution in [2.45, 2.75) is 25.6 Å². The number of hydrogen-bond acceptors (Lipinski definition) is 9. The summed E-state index contributed by atoms with van der Waals surface area (Å²) in [6.45, 7) is 0.910. The monoisotopic (exact) mass is 447 g/mol. The van der Waals surface area contributed by atoms with Crippen LogP contribution in [0.4, 0.5) is 5.69 Å². The molecule has 10 heteroatoms. The average molecular weight is 447 g/mol. The Hall–Kier alpha value is -3.37. The van der Waals surface area contributed by atoms with Crippen LogP contribution in [0.3, 0.4) is 0 Å². The van der Waals surface area contributed by atoms with Crippen LogP contribution in [0.1, 0.15) is 29.6 Å². The lowest BCUT2D eigenvalue weighted by molar-refractivity contribution is -0.385. The van der Waals surface area contributed by atoms with Gasteiger partial charge in [0.05, 0.1) is 31.3 Å². The fraction of sp³-hybridized carbons (Fsp3) is 0.409. The number of ether oxygens (including phenoxy) is 6. The second kappa shape index (κ2) is 11.3. The maximum absolute atomic E-state index is 12.0. The molecule has 0 aromatic heterocycles. The van der Waals surface area contributed by atoms with Crippen LogP contribution < -0.4 is 14.2 Å². The van der Waals surface area contributed by atoms with Crippen LogP contribution in [-0.4, -0.2) is 51.2 Å². The summed E-state index contributed by atoms with van der Waals surface area (Å²) in [6, 6.07) is 9.01. The molecule has 32 heavy (non-hydrogen) atoms. The van der Waals surface area contributed by atoms with Crippen molar-refractivity contribution < 1.29 is 38.1 Å². The third kappa shape index (κ3) is 6.08. The van der Waals surface area contributed by atoms with Crippen LogP contribution >= 0.6 is 0 Å². The molecule has 0 N–H and O–H groups in total. The van der Waals surface area contributed by atoms with Crippen LogP contribution in [0.5, 0.6) is 23.0 Å². The summed E-state index contributed by atoms with van der Waals surface area (Å²) in [5.41, 5.74) is -0.481. The van der Waals surface area contributed by atoms with Gasteiger partial charge in [-0.05, 0) is 37.5 Å². The van der Waals surface area contributed by atoms with Crippen molar-refractivity contribution in [2.24, 2.45) is 0 Å². The highest BCUT2D eigenvalue weighted by Crippen LogP contribution is 2.42. The maximum atomic E-state index is 12.0. The summed E-state index contributed by atoms with van der Waals surface area (Å²) in [5.74, 6) is -0.0622. The number of hydrogen-bond donors (Lipinski definition) is 0. The lowest BCUT2D eigenvalue weighted by Gasteiger charge is -2.22. The Labute approximate surface area is 185 Å². The van der Waals surface area contributed by atoms with Gasteiger partial charge in [0.25, 0.3) is 0 Å². The molecular formula is C22H25NO9. The summed E-state index contributed by atoms with van der Waals surface area (Å²) in [5, 5.41) is 11.7. The van der Waals surface area contributed by atoms with Gasteiger partial charge in [-0.2, -0.15) is 0 Å². The van der Waals surface area contributed by atoms with Gasteiger partial charge >= 0.3 is 11.7 Å². The normalized spacial score (nSPS) is 15.6. The second-order valence-electron chi connectivity index (χ2n) is 6.87. The Balaban J connectivity index is 1.85. The standard InChI is InChI=1S/C22H25NO9/c1-27-16-6-5-7-17(14-16)32-21-18(23(25)26)12-15(22(24)28-2)13-19(21)29-10-11-31-20-8-3-4-9-30-20/h5-7,12-14,20H,3-4,8-11H2,1-2H3. The molecule has 1 atom stereocenters. The highest BCUT2D eigenvalue weighted by molar-refractivity contribution is 5.91. The zero-order valence-electron chi connectivity index (χ0n) is 17.9. The molecule has 2 aromatic rings. The average Bonchev–Trinajstić information content (AvgIpc) is 2.82. The van der Waals surface area contributed by atoms with Gasteiger partial charge in [-0.25, -0.2) is 4.79 Å². The molecule has 1 aliphatic rings. The van der Waals surface area contributed by atoms with Gasteiger partial charge < -0.3 is 28.4 Å². The SMILES string of the molecule is COC(=O)c1cc(OCCOC2CCCCO2)c(Oc2cccc(OC)c2)c([N+](=O)[O-])c1. The lowest BCUT2D eigenvalue weighted by atomic mass is 10.1. The number of carbonyl (C=O) groups excluding carboxylic acids is 1. The molecule has 172 valence electrons. The minimum absolute atomic E-state index is 0.00980. The fourth-order valence-corrected chi connectivity index (χ4v) is 3.12. The Morgan fingerprint density at radius 1 is 1.16 bits per heavy atom. The first-order chi connectivity index (χ1) is 15.5. The van der Waals surface area contributed by atoms with Crippen LogP contribution in [0.25, 0.3) is 0 Å². The minimum Gasteiger partial charge on any atom is -0.497 e. The molecular weight excluding hydrogens is 422 g/mol. The summed E-state index contributed by atoms with van der Waals surface area (Å²) in [6.07, 6.45) is 2.53. The number of carbonyl (C=O) groups is 1. The summed E-state index contributed by atoms with van der Waals surface area (Å²) in [4.78, 5) is 23.1. The van der Waals surface area contributed by atoms with E-state index >= 15 is 0 Å². The number of methoxy groups -OCH3 is 2. The first-order valence-corrected chi connectivity index (χ1v) is 10.1. The van der Waals surface area contributed by atoms with Crippen molar-refractivity contribution >= 4 is 11.7 Å². The van der Waals surface area contributed by atoms with E-state index in [4.69, 9.17) is 28.4 Å². The van der Waals surface area contributed by atoms with Gasteiger partial charge in [-0.1, -0.05) is 6.07 Å². The van der Waals surface area contributed by atoms with Crippen molar-refractivity contribution in [3.05, 3.63) is 52.1 Å². The third-order valence-corrected chi connectivity index (χ3v) is 4.70. The van der Waals surface area contributed by atoms with E-state index < -0.39 is 16.6 Å². The van der Waals surface area contributed by atoms with Crippen molar-refractivity contribution in [3.8, 4) is 23.0 Å². The zero-order chi connectivity index (χ0) is 22.9. The number of nitro groups is 1. The molecule has 3 rings (SSSR count). The minimum atomic E-state index is -0.738. The number of nitrogens with zero attached hydrogens (tertiary/aromatic N) is 1. The van der Waals surface area contributed by atoms with Crippen LogP contribution in [0.2, 0.25) is 0 Å². The Bertz CT molecular complexity index is 941. The van der Waals surface area contributed by atoms with Crippen molar-refractivity contribution in [3.63, 3.8) is 0 Å². The van der Waals surface area contributed by atoms with Gasteiger partial charge in [0.2, 0.25) is 5.75 Å². The van der Waals surface area contributed by atoms with Gasteiger partial charge in [0.15, 0.2) is 12.0 Å². The molecule has 1 saturated heterocycles. The lowest BCUT2D eigenvalue weighted by Crippen LogP contribution is -2.24. The molecule has 0 spiro atoms. The molecule has 1 fully saturated rings. The Kier molecular flexibility index (Phi) is 8.23. The van der Waals surface area contributed by atoms with Crippen LogP contribution in [0.15, 0.2) is 36.4 Å². The fourth-order valence-electron chi connectivity index (χ4n) is 3.12. The third-order valence-electron chi connectivity index (χ3n) is 4.70. The number of rotatable bonds is 10. The van der Waals surface area contributed by atoms with Gasteiger partial charge in [0.1, 0.15) is 18.1 Å². The second-order valence-corrected chi connectivity index (χ2v) is 6.87. The summed E-state index contributed by atoms with van der Waals surface area (Å²) in [7, 11) is 2.69. The molecule has 2 aromatic carbocycles.